The molecule has 1 unspecified atom stereocenters. The van der Waals surface area contributed by atoms with Crippen molar-refractivity contribution >= 4 is 21.6 Å². The van der Waals surface area contributed by atoms with Crippen LogP contribution in [0.2, 0.25) is 0 Å². The van der Waals surface area contributed by atoms with Crippen LogP contribution in [0.25, 0.3) is 0 Å². The van der Waals surface area contributed by atoms with Crippen LogP contribution in [0.3, 0.4) is 0 Å². The van der Waals surface area contributed by atoms with Crippen LogP contribution in [0.15, 0.2) is 15.5 Å². The largest absolute Gasteiger partial charge is 0.389 e. The Kier molecular flexibility index (Phi) is 5.56. The Balaban J connectivity index is 2.06. The van der Waals surface area contributed by atoms with Gasteiger partial charge in [0.15, 0.2) is 0 Å². The lowest BCUT2D eigenvalue weighted by Gasteiger charge is -2.25. The number of aliphatic hydroxyl groups excluding tert-OH is 1. The molecule has 1 aliphatic rings. The Morgan fingerprint density at radius 1 is 1.65 bits per heavy atom. The summed E-state index contributed by atoms with van der Waals surface area (Å²) in [6.07, 6.45) is 4.54. The fourth-order valence-electron chi connectivity index (χ4n) is 2.15. The first kappa shape index (κ1) is 15.5. The van der Waals surface area contributed by atoms with Gasteiger partial charge in [0, 0.05) is 20.2 Å². The minimum atomic E-state index is -0.653. The summed E-state index contributed by atoms with van der Waals surface area (Å²) in [7, 11) is 1.52. The molecule has 1 aliphatic carbocycles. The van der Waals surface area contributed by atoms with Crippen LogP contribution in [0.1, 0.15) is 19.3 Å². The second-order valence-corrected chi connectivity index (χ2v) is 6.00. The second-order valence-electron chi connectivity index (χ2n) is 5.14. The van der Waals surface area contributed by atoms with Gasteiger partial charge in [0.05, 0.1) is 23.4 Å². The number of hydrogen-bond donors (Lipinski definition) is 2. The van der Waals surface area contributed by atoms with Gasteiger partial charge in [-0.15, -0.1) is 0 Å². The van der Waals surface area contributed by atoms with E-state index in [1.807, 2.05) is 0 Å². The van der Waals surface area contributed by atoms with Crippen LogP contribution in [-0.2, 0) is 11.3 Å². The van der Waals surface area contributed by atoms with E-state index < -0.39 is 6.10 Å². The number of methoxy groups -OCH3 is 1. The number of halogens is 1. The average molecular weight is 346 g/mol. The smallest absolute Gasteiger partial charge is 0.291 e. The molecule has 2 N–H and O–H groups in total. The average Bonchev–Trinajstić information content (AvgIpc) is 2.36. The molecule has 0 saturated heterocycles. The van der Waals surface area contributed by atoms with Crippen LogP contribution in [-0.4, -0.2) is 41.3 Å². The zero-order valence-electron chi connectivity index (χ0n) is 11.5. The van der Waals surface area contributed by atoms with Crippen molar-refractivity contribution in [2.75, 3.05) is 25.6 Å². The number of nitrogens with one attached hydrogen (secondary N) is 1. The second kappa shape index (κ2) is 7.19. The molecule has 1 heterocycles. The summed E-state index contributed by atoms with van der Waals surface area (Å²) >= 11 is 3.32. The summed E-state index contributed by atoms with van der Waals surface area (Å²) in [5, 5.41) is 16.7. The summed E-state index contributed by atoms with van der Waals surface area (Å²) in [4.78, 5) is 12.3. The number of rotatable bonds is 7. The highest BCUT2D eigenvalue weighted by atomic mass is 79.9. The summed E-state index contributed by atoms with van der Waals surface area (Å²) in [6, 6.07) is 0. The Morgan fingerprint density at radius 3 is 3.00 bits per heavy atom. The molecule has 0 radical (unpaired) electrons. The van der Waals surface area contributed by atoms with E-state index in [-0.39, 0.29) is 18.7 Å². The van der Waals surface area contributed by atoms with Crippen LogP contribution >= 0.6 is 15.9 Å². The quantitative estimate of drug-likeness (QED) is 0.777. The van der Waals surface area contributed by atoms with Gasteiger partial charge in [-0.25, -0.2) is 4.68 Å². The van der Waals surface area contributed by atoms with E-state index in [0.717, 1.165) is 0 Å². The van der Waals surface area contributed by atoms with Crippen LogP contribution in [0.4, 0.5) is 5.69 Å². The first-order valence-corrected chi connectivity index (χ1v) is 7.57. The maximum Gasteiger partial charge on any atom is 0.291 e. The topological polar surface area (TPSA) is 76.4 Å². The number of nitrogens with zero attached hydrogens (tertiary/aromatic N) is 2. The molecule has 0 aliphatic heterocycles. The SMILES string of the molecule is COCC(O)CNc1c(Br)cnn(CC2CCC2)c1=O. The van der Waals surface area contributed by atoms with Gasteiger partial charge >= 0.3 is 0 Å². The van der Waals surface area contributed by atoms with Gasteiger partial charge < -0.3 is 15.2 Å². The molecule has 0 spiro atoms. The zero-order valence-corrected chi connectivity index (χ0v) is 13.1. The lowest BCUT2D eigenvalue weighted by atomic mass is 9.85. The van der Waals surface area contributed by atoms with Crippen molar-refractivity contribution < 1.29 is 9.84 Å². The first-order valence-electron chi connectivity index (χ1n) is 6.78. The molecule has 0 amide bonds. The Hall–Kier alpha value is -0.920. The Bertz CT molecular complexity index is 502. The van der Waals surface area contributed by atoms with E-state index in [4.69, 9.17) is 4.74 Å². The molecule has 0 aromatic carbocycles. The van der Waals surface area contributed by atoms with Crippen molar-refractivity contribution in [1.82, 2.24) is 9.78 Å². The van der Waals surface area contributed by atoms with E-state index in [1.165, 1.54) is 31.1 Å². The van der Waals surface area contributed by atoms with E-state index in [2.05, 4.69) is 26.3 Å². The van der Waals surface area contributed by atoms with Crippen LogP contribution in [0, 0.1) is 5.92 Å². The monoisotopic (exact) mass is 345 g/mol. The highest BCUT2D eigenvalue weighted by Crippen LogP contribution is 2.27. The van der Waals surface area contributed by atoms with Gasteiger partial charge in [-0.2, -0.15) is 5.10 Å². The van der Waals surface area contributed by atoms with E-state index in [9.17, 15) is 9.90 Å². The molecular weight excluding hydrogens is 326 g/mol. The van der Waals surface area contributed by atoms with Gasteiger partial charge in [0.2, 0.25) is 0 Å². The Labute approximate surface area is 126 Å². The number of aromatic nitrogens is 2. The third-order valence-electron chi connectivity index (χ3n) is 3.53. The number of aliphatic hydroxyl groups is 1. The van der Waals surface area contributed by atoms with Gasteiger partial charge in [0.1, 0.15) is 5.69 Å². The normalized spacial score (nSPS) is 16.8. The van der Waals surface area contributed by atoms with Crippen molar-refractivity contribution in [2.24, 2.45) is 5.92 Å². The van der Waals surface area contributed by atoms with Gasteiger partial charge in [-0.05, 0) is 34.7 Å². The lowest BCUT2D eigenvalue weighted by Crippen LogP contribution is -2.33. The van der Waals surface area contributed by atoms with Crippen LogP contribution in [0.5, 0.6) is 0 Å². The van der Waals surface area contributed by atoms with Crippen molar-refractivity contribution in [3.63, 3.8) is 0 Å². The summed E-state index contributed by atoms with van der Waals surface area (Å²) in [5.41, 5.74) is 0.283. The Morgan fingerprint density at radius 2 is 2.40 bits per heavy atom. The molecule has 2 rings (SSSR count). The first-order chi connectivity index (χ1) is 9.61. The highest BCUT2D eigenvalue weighted by molar-refractivity contribution is 9.10. The summed E-state index contributed by atoms with van der Waals surface area (Å²) in [6.45, 7) is 1.16. The standard InChI is InChI=1S/C13H20BrN3O3/c1-20-8-10(18)5-15-12-11(14)6-16-17(13(12)19)7-9-3-2-4-9/h6,9-10,15,18H,2-5,7-8H2,1H3. The molecule has 1 saturated carbocycles. The molecule has 1 fully saturated rings. The van der Waals surface area contributed by atoms with E-state index in [0.29, 0.717) is 22.6 Å². The molecule has 1 aromatic rings. The molecule has 6 nitrogen and oxygen atoms in total. The third kappa shape index (κ3) is 3.80. The molecule has 1 atom stereocenters. The fraction of sp³-hybridized carbons (Fsp3) is 0.692. The summed E-state index contributed by atoms with van der Waals surface area (Å²) < 4.78 is 6.96. The maximum atomic E-state index is 12.3. The number of hydrogen-bond acceptors (Lipinski definition) is 5. The number of anilines is 1. The van der Waals surface area contributed by atoms with E-state index in [1.54, 1.807) is 6.20 Å². The maximum absolute atomic E-state index is 12.3. The van der Waals surface area contributed by atoms with Crippen molar-refractivity contribution in [3.05, 3.63) is 21.0 Å². The molecule has 0 bridgehead atoms. The molecule has 7 heteroatoms. The highest BCUT2D eigenvalue weighted by Gasteiger charge is 2.20. The lowest BCUT2D eigenvalue weighted by molar-refractivity contribution is 0.0727. The molecule has 112 valence electrons. The minimum Gasteiger partial charge on any atom is -0.389 e. The van der Waals surface area contributed by atoms with Crippen molar-refractivity contribution in [2.45, 2.75) is 31.9 Å². The molecule has 1 aromatic heterocycles. The predicted molar refractivity (Wildman–Crippen MR) is 79.9 cm³/mol. The van der Waals surface area contributed by atoms with E-state index >= 15 is 0 Å². The van der Waals surface area contributed by atoms with Crippen LogP contribution < -0.4 is 10.9 Å². The number of ether oxygens (including phenoxy) is 1. The summed E-state index contributed by atoms with van der Waals surface area (Å²) in [5.74, 6) is 0.563. The molecule has 20 heavy (non-hydrogen) atoms. The van der Waals surface area contributed by atoms with Crippen molar-refractivity contribution in [3.8, 4) is 0 Å². The van der Waals surface area contributed by atoms with Gasteiger partial charge in [0.25, 0.3) is 5.56 Å². The fourth-order valence-corrected chi connectivity index (χ4v) is 2.55. The van der Waals surface area contributed by atoms with Gasteiger partial charge in [-0.1, -0.05) is 6.42 Å². The van der Waals surface area contributed by atoms with Crippen molar-refractivity contribution in [1.29, 1.82) is 0 Å². The molecular formula is C13H20BrN3O3. The van der Waals surface area contributed by atoms with Gasteiger partial charge in [-0.3, -0.25) is 4.79 Å². The third-order valence-corrected chi connectivity index (χ3v) is 4.13. The zero-order chi connectivity index (χ0) is 14.5. The minimum absolute atomic E-state index is 0.157. The predicted octanol–water partition coefficient (Wildman–Crippen LogP) is 1.23.